The molecule has 51 heavy (non-hydrogen) atoms. The summed E-state index contributed by atoms with van der Waals surface area (Å²) < 4.78 is 0. The number of carbonyl (C=O) groups is 2. The highest BCUT2D eigenvalue weighted by molar-refractivity contribution is 6.19. The Morgan fingerprint density at radius 2 is 0.882 bits per heavy atom. The molecular weight excluding hydrogens is 648 g/mol. The molecule has 0 heterocycles. The van der Waals surface area contributed by atoms with Gasteiger partial charge in [-0.1, -0.05) is 36.4 Å². The minimum Gasteiger partial charge on any atom is -0.508 e. The zero-order chi connectivity index (χ0) is 35.5. The molecular formula is C42H32O9. The van der Waals surface area contributed by atoms with Gasteiger partial charge in [-0.2, -0.15) is 0 Å². The molecule has 0 amide bonds. The highest BCUT2D eigenvalue weighted by Crippen LogP contribution is 2.72. The smallest absolute Gasteiger partial charge is 0.170 e. The molecule has 254 valence electrons. The molecule has 1 fully saturated rings. The van der Waals surface area contributed by atoms with Gasteiger partial charge in [0.05, 0.1) is 5.92 Å². The number of phenolic OH excluding ortho intramolecular Hbond substituents is 7. The highest BCUT2D eigenvalue weighted by atomic mass is 16.3. The van der Waals surface area contributed by atoms with E-state index in [9.17, 15) is 40.5 Å². The Kier molecular flexibility index (Phi) is 6.58. The predicted molar refractivity (Wildman–Crippen MR) is 184 cm³/mol. The van der Waals surface area contributed by atoms with E-state index < -0.39 is 47.3 Å². The van der Waals surface area contributed by atoms with Crippen LogP contribution in [0, 0.1) is 17.8 Å². The summed E-state index contributed by atoms with van der Waals surface area (Å²) in [5, 5.41) is 74.4. The van der Waals surface area contributed by atoms with Crippen molar-refractivity contribution in [2.75, 3.05) is 0 Å². The van der Waals surface area contributed by atoms with Gasteiger partial charge >= 0.3 is 0 Å². The average molecular weight is 681 g/mol. The van der Waals surface area contributed by atoms with Crippen LogP contribution in [-0.2, 0) is 9.59 Å². The molecule has 9 heteroatoms. The summed E-state index contributed by atoms with van der Waals surface area (Å²) in [5.74, 6) is -7.00. The van der Waals surface area contributed by atoms with Crippen molar-refractivity contribution in [3.8, 4) is 40.2 Å². The molecule has 0 radical (unpaired) electrons. The van der Waals surface area contributed by atoms with E-state index in [4.69, 9.17) is 0 Å². The Morgan fingerprint density at radius 3 is 1.45 bits per heavy atom. The van der Waals surface area contributed by atoms with Crippen molar-refractivity contribution in [2.24, 2.45) is 17.8 Å². The molecule has 7 N–H and O–H groups in total. The maximum atomic E-state index is 15.2. The van der Waals surface area contributed by atoms with Gasteiger partial charge in [-0.15, -0.1) is 0 Å². The van der Waals surface area contributed by atoms with E-state index in [1.807, 2.05) is 0 Å². The largest absolute Gasteiger partial charge is 0.508 e. The van der Waals surface area contributed by atoms with E-state index in [2.05, 4.69) is 0 Å². The second-order valence-electron chi connectivity index (χ2n) is 14.2. The van der Waals surface area contributed by atoms with Gasteiger partial charge in [0.2, 0.25) is 0 Å². The summed E-state index contributed by atoms with van der Waals surface area (Å²) in [6.07, 6.45) is 0. The second-order valence-corrected chi connectivity index (χ2v) is 14.2. The fraction of sp³-hybridized carbons (Fsp3) is 0.190. The number of benzene rings is 5. The number of aromatic hydroxyl groups is 7. The first-order chi connectivity index (χ1) is 24.5. The van der Waals surface area contributed by atoms with Crippen molar-refractivity contribution in [3.63, 3.8) is 0 Å². The zero-order valence-electron chi connectivity index (χ0n) is 26.9. The first-order valence-corrected chi connectivity index (χ1v) is 16.8. The van der Waals surface area contributed by atoms with Gasteiger partial charge < -0.3 is 35.7 Å². The van der Waals surface area contributed by atoms with Crippen molar-refractivity contribution in [3.05, 3.63) is 148 Å². The van der Waals surface area contributed by atoms with Crippen LogP contribution < -0.4 is 0 Å². The van der Waals surface area contributed by atoms with E-state index in [-0.39, 0.29) is 51.8 Å². The summed E-state index contributed by atoms with van der Waals surface area (Å²) >= 11 is 0. The van der Waals surface area contributed by atoms with Crippen molar-refractivity contribution in [1.29, 1.82) is 0 Å². The second kappa shape index (κ2) is 10.9. The number of hydrogen-bond donors (Lipinski definition) is 7. The third-order valence-corrected chi connectivity index (χ3v) is 11.6. The van der Waals surface area contributed by atoms with Gasteiger partial charge in [-0.25, -0.2) is 0 Å². The van der Waals surface area contributed by atoms with Crippen LogP contribution in [0.2, 0.25) is 0 Å². The van der Waals surface area contributed by atoms with Gasteiger partial charge in [-0.3, -0.25) is 9.59 Å². The minimum atomic E-state index is -1.12. The zero-order valence-corrected chi connectivity index (χ0v) is 26.9. The van der Waals surface area contributed by atoms with E-state index >= 15 is 4.79 Å². The van der Waals surface area contributed by atoms with Crippen molar-refractivity contribution in [2.45, 2.75) is 29.6 Å². The molecule has 1 saturated carbocycles. The quantitative estimate of drug-likeness (QED) is 0.104. The molecule has 0 aromatic heterocycles. The summed E-state index contributed by atoms with van der Waals surface area (Å²) in [7, 11) is 0. The lowest BCUT2D eigenvalue weighted by atomic mass is 9.70. The van der Waals surface area contributed by atoms with Crippen LogP contribution >= 0.6 is 0 Å². The molecule has 4 aliphatic carbocycles. The Balaban J connectivity index is 1.35. The predicted octanol–water partition coefficient (Wildman–Crippen LogP) is 6.53. The Hall–Kier alpha value is -6.22. The SMILES string of the molecule is O=C1C2=C(C3C(=O)C1C(c1ccc(O)cc1)C3c1cc(O)cc(O)c1)C1C(c3ccc(O)cc3)c3c(O)cc(O)cc3C1C2c1ccc(O)cc1. The van der Waals surface area contributed by atoms with Crippen LogP contribution in [0.5, 0.6) is 40.2 Å². The number of rotatable bonds is 4. The van der Waals surface area contributed by atoms with Crippen LogP contribution in [0.3, 0.4) is 0 Å². The average Bonchev–Trinajstić information content (AvgIpc) is 3.68. The first kappa shape index (κ1) is 30.8. The monoisotopic (exact) mass is 680 g/mol. The third-order valence-electron chi connectivity index (χ3n) is 11.6. The van der Waals surface area contributed by atoms with Crippen LogP contribution in [0.1, 0.15) is 63.0 Å². The maximum Gasteiger partial charge on any atom is 0.170 e. The molecule has 8 unspecified atom stereocenters. The normalized spacial score (nSPS) is 27.4. The summed E-state index contributed by atoms with van der Waals surface area (Å²) in [6, 6.07) is 26.6. The lowest BCUT2D eigenvalue weighted by Crippen LogP contribution is -2.34. The van der Waals surface area contributed by atoms with E-state index in [0.29, 0.717) is 39.0 Å². The van der Waals surface area contributed by atoms with Gasteiger partial charge in [0.1, 0.15) is 40.2 Å². The number of phenols is 7. The topological polar surface area (TPSA) is 176 Å². The van der Waals surface area contributed by atoms with Crippen LogP contribution in [0.4, 0.5) is 0 Å². The Morgan fingerprint density at radius 1 is 0.392 bits per heavy atom. The lowest BCUT2D eigenvalue weighted by molar-refractivity contribution is -0.131. The molecule has 0 spiro atoms. The fourth-order valence-corrected chi connectivity index (χ4v) is 9.99. The van der Waals surface area contributed by atoms with Crippen molar-refractivity contribution in [1.82, 2.24) is 0 Å². The van der Waals surface area contributed by atoms with E-state index in [0.717, 1.165) is 5.56 Å². The van der Waals surface area contributed by atoms with Crippen LogP contribution in [0.25, 0.3) is 0 Å². The molecule has 4 aliphatic rings. The van der Waals surface area contributed by atoms with Gasteiger partial charge in [0, 0.05) is 64.7 Å². The molecule has 9 rings (SSSR count). The summed E-state index contributed by atoms with van der Waals surface area (Å²) in [5.41, 5.74) is 4.79. The maximum absolute atomic E-state index is 15.2. The standard InChI is InChI=1S/C42H32O9/c43-22-7-1-18(2-8-22)30-33(21-13-25(46)15-26(47)14-21)39-37-36-31(19-3-9-23(44)10-4-19)34-28(16-27(48)17-29(34)49)35(36)32(20-5-11-24(45)12-6-20)38(37)41(50)40(30)42(39)51/h1-17,30-33,35-36,39-40,43-49H. The number of ketones is 2. The number of fused-ring (bicyclic) bond motifs is 7. The van der Waals surface area contributed by atoms with E-state index in [1.54, 1.807) is 66.7 Å². The molecule has 8 atom stereocenters. The van der Waals surface area contributed by atoms with Crippen LogP contribution in [-0.4, -0.2) is 47.3 Å². The summed E-state index contributed by atoms with van der Waals surface area (Å²) in [4.78, 5) is 30.2. The lowest BCUT2D eigenvalue weighted by Gasteiger charge is -2.32. The van der Waals surface area contributed by atoms with Gasteiger partial charge in [0.25, 0.3) is 0 Å². The highest BCUT2D eigenvalue weighted by Gasteiger charge is 2.67. The molecule has 9 nitrogen and oxygen atoms in total. The molecule has 0 aliphatic heterocycles. The van der Waals surface area contributed by atoms with Crippen LogP contribution in [0.15, 0.2) is 114 Å². The Bertz CT molecular complexity index is 2290. The molecule has 5 aromatic rings. The van der Waals surface area contributed by atoms with E-state index in [1.165, 1.54) is 36.4 Å². The minimum absolute atomic E-state index is 0.0169. The fourth-order valence-electron chi connectivity index (χ4n) is 9.99. The number of hydrogen-bond acceptors (Lipinski definition) is 9. The number of Topliss-reactive ketones (excluding diaryl/α,β-unsaturated/α-hetero) is 2. The third kappa shape index (κ3) is 4.40. The number of allylic oxidation sites excluding steroid dienone is 2. The van der Waals surface area contributed by atoms with Gasteiger partial charge in [-0.05, 0) is 88.0 Å². The first-order valence-electron chi connectivity index (χ1n) is 16.8. The molecule has 2 bridgehead atoms. The van der Waals surface area contributed by atoms with Crippen molar-refractivity contribution >= 4 is 11.6 Å². The molecule has 0 saturated heterocycles. The van der Waals surface area contributed by atoms with Crippen molar-refractivity contribution < 1.29 is 45.3 Å². The summed E-state index contributed by atoms with van der Waals surface area (Å²) in [6.45, 7) is 0. The number of carbonyl (C=O) groups excluding carboxylic acids is 2. The molecule has 5 aromatic carbocycles. The van der Waals surface area contributed by atoms with Gasteiger partial charge in [0.15, 0.2) is 11.6 Å². The Labute approximate surface area is 291 Å².